The van der Waals surface area contributed by atoms with Crippen LogP contribution >= 0.6 is 11.6 Å². The molecule has 0 unspecified atom stereocenters. The molecule has 1 aliphatic carbocycles. The molecule has 0 bridgehead atoms. The van der Waals surface area contributed by atoms with Gasteiger partial charge in [-0.05, 0) is 48.2 Å². The van der Waals surface area contributed by atoms with E-state index in [9.17, 15) is 9.59 Å². The van der Waals surface area contributed by atoms with Gasteiger partial charge in [0.2, 0.25) is 11.8 Å². The van der Waals surface area contributed by atoms with Gasteiger partial charge < -0.3 is 15.4 Å². The zero-order chi connectivity index (χ0) is 20.7. The zero-order valence-corrected chi connectivity index (χ0v) is 17.4. The average molecular weight is 415 g/mol. The van der Waals surface area contributed by atoms with Gasteiger partial charge in [0, 0.05) is 24.4 Å². The van der Waals surface area contributed by atoms with Crippen molar-refractivity contribution in [3.63, 3.8) is 0 Å². The molecule has 2 amide bonds. The highest BCUT2D eigenvalue weighted by atomic mass is 35.5. The number of methoxy groups -OCH3 is 1. The number of rotatable bonds is 8. The molecule has 29 heavy (non-hydrogen) atoms. The van der Waals surface area contributed by atoms with Gasteiger partial charge in [-0.3, -0.25) is 9.59 Å². The Labute approximate surface area is 176 Å². The van der Waals surface area contributed by atoms with Crippen molar-refractivity contribution >= 4 is 29.1 Å². The van der Waals surface area contributed by atoms with Gasteiger partial charge in [-0.2, -0.15) is 0 Å². The largest absolute Gasteiger partial charge is 0.383 e. The van der Waals surface area contributed by atoms with E-state index in [-0.39, 0.29) is 11.8 Å². The molecule has 5 nitrogen and oxygen atoms in total. The number of nitrogens with one attached hydrogen (secondary N) is 2. The molecule has 0 aromatic heterocycles. The lowest BCUT2D eigenvalue weighted by molar-refractivity contribution is -0.122. The fraction of sp³-hybridized carbons (Fsp3) is 0.391. The molecule has 1 saturated carbocycles. The van der Waals surface area contributed by atoms with E-state index in [2.05, 4.69) is 10.6 Å². The van der Waals surface area contributed by atoms with Crippen LogP contribution in [-0.4, -0.2) is 32.1 Å². The number of benzene rings is 2. The van der Waals surface area contributed by atoms with Crippen LogP contribution in [0.3, 0.4) is 0 Å². The first-order valence-electron chi connectivity index (χ1n) is 9.95. The third kappa shape index (κ3) is 5.37. The third-order valence-corrected chi connectivity index (χ3v) is 5.75. The lowest BCUT2D eigenvalue weighted by Gasteiger charge is -2.28. The number of anilines is 1. The molecule has 0 saturated heterocycles. The minimum absolute atomic E-state index is 0.0161. The Kier molecular flexibility index (Phi) is 7.29. The van der Waals surface area contributed by atoms with Gasteiger partial charge in [0.15, 0.2) is 0 Å². The molecule has 6 heteroatoms. The van der Waals surface area contributed by atoms with Gasteiger partial charge >= 0.3 is 0 Å². The second kappa shape index (κ2) is 9.90. The summed E-state index contributed by atoms with van der Waals surface area (Å²) in [6.07, 6.45) is 4.04. The van der Waals surface area contributed by atoms with E-state index in [1.807, 2.05) is 48.5 Å². The van der Waals surface area contributed by atoms with Crippen LogP contribution in [-0.2, 0) is 26.2 Å². The number of amides is 2. The molecule has 2 aromatic rings. The third-order valence-electron chi connectivity index (χ3n) is 5.49. The number of halogens is 1. The number of hydrogen-bond acceptors (Lipinski definition) is 3. The second-order valence-electron chi connectivity index (χ2n) is 7.47. The lowest BCUT2D eigenvalue weighted by Crippen LogP contribution is -2.38. The van der Waals surface area contributed by atoms with E-state index in [1.165, 1.54) is 0 Å². The van der Waals surface area contributed by atoms with Crippen molar-refractivity contribution in [1.82, 2.24) is 5.32 Å². The quantitative estimate of drug-likeness (QED) is 0.639. The van der Waals surface area contributed by atoms with Crippen molar-refractivity contribution in [3.8, 4) is 0 Å². The van der Waals surface area contributed by atoms with Crippen LogP contribution < -0.4 is 10.6 Å². The van der Waals surface area contributed by atoms with E-state index in [0.717, 1.165) is 42.5 Å². The van der Waals surface area contributed by atoms with Crippen molar-refractivity contribution in [2.24, 2.45) is 0 Å². The van der Waals surface area contributed by atoms with Gasteiger partial charge in [-0.15, -0.1) is 0 Å². The Morgan fingerprint density at radius 3 is 2.31 bits per heavy atom. The summed E-state index contributed by atoms with van der Waals surface area (Å²) in [5, 5.41) is 6.54. The molecule has 2 aromatic carbocycles. The van der Waals surface area contributed by atoms with Crippen LogP contribution in [0.4, 0.5) is 5.69 Å². The van der Waals surface area contributed by atoms with Crippen LogP contribution in [0.15, 0.2) is 48.5 Å². The topological polar surface area (TPSA) is 67.4 Å². The Bertz CT molecular complexity index is 828. The summed E-state index contributed by atoms with van der Waals surface area (Å²) < 4.78 is 4.92. The predicted molar refractivity (Wildman–Crippen MR) is 115 cm³/mol. The van der Waals surface area contributed by atoms with Crippen LogP contribution in [0.5, 0.6) is 0 Å². The van der Waals surface area contributed by atoms with Crippen molar-refractivity contribution < 1.29 is 14.3 Å². The number of carbonyl (C=O) groups is 2. The highest BCUT2D eigenvalue weighted by molar-refractivity contribution is 6.30. The Hall–Kier alpha value is -2.37. The fourth-order valence-corrected chi connectivity index (χ4v) is 4.02. The minimum atomic E-state index is -0.509. The smallest absolute Gasteiger partial charge is 0.235 e. The van der Waals surface area contributed by atoms with E-state index < -0.39 is 5.41 Å². The van der Waals surface area contributed by atoms with Crippen LogP contribution in [0.25, 0.3) is 0 Å². The van der Waals surface area contributed by atoms with Crippen LogP contribution in [0.2, 0.25) is 5.02 Å². The zero-order valence-electron chi connectivity index (χ0n) is 16.7. The lowest BCUT2D eigenvalue weighted by atomic mass is 9.78. The first-order valence-corrected chi connectivity index (χ1v) is 10.3. The molecule has 0 heterocycles. The Morgan fingerprint density at radius 2 is 1.69 bits per heavy atom. The standard InChI is InChI=1S/C23H27ClN2O3/c1-29-15-14-25-21(27)16-17-4-10-20(11-5-17)26-22(28)23(12-2-3-13-23)18-6-8-19(24)9-7-18/h4-11H,2-3,12-16H2,1H3,(H,25,27)(H,26,28). The molecule has 1 fully saturated rings. The Morgan fingerprint density at radius 1 is 1.03 bits per heavy atom. The van der Waals surface area contributed by atoms with Gasteiger partial charge in [0.05, 0.1) is 18.4 Å². The molecule has 2 N–H and O–H groups in total. The second-order valence-corrected chi connectivity index (χ2v) is 7.90. The summed E-state index contributed by atoms with van der Waals surface area (Å²) in [6.45, 7) is 0.988. The normalized spacial score (nSPS) is 15.1. The number of carbonyl (C=O) groups excluding carboxylic acids is 2. The van der Waals surface area contributed by atoms with Crippen LogP contribution in [0, 0.1) is 0 Å². The summed E-state index contributed by atoms with van der Waals surface area (Å²) in [6, 6.07) is 15.0. The van der Waals surface area contributed by atoms with Gasteiger partial charge in [0.25, 0.3) is 0 Å². The maximum Gasteiger partial charge on any atom is 0.235 e. The summed E-state index contributed by atoms with van der Waals surface area (Å²) in [4.78, 5) is 25.1. The summed E-state index contributed by atoms with van der Waals surface area (Å²) in [5.41, 5.74) is 2.14. The Balaban J connectivity index is 1.65. The monoisotopic (exact) mass is 414 g/mol. The average Bonchev–Trinajstić information content (AvgIpc) is 3.21. The molecule has 0 aliphatic heterocycles. The van der Waals surface area contributed by atoms with E-state index in [4.69, 9.17) is 16.3 Å². The van der Waals surface area contributed by atoms with Crippen molar-refractivity contribution in [1.29, 1.82) is 0 Å². The molecular formula is C23H27ClN2O3. The van der Waals surface area contributed by atoms with Gasteiger partial charge in [0.1, 0.15) is 0 Å². The van der Waals surface area contributed by atoms with Gasteiger partial charge in [-0.25, -0.2) is 0 Å². The fourth-order valence-electron chi connectivity index (χ4n) is 3.89. The SMILES string of the molecule is COCCNC(=O)Cc1ccc(NC(=O)C2(c3ccc(Cl)cc3)CCCC2)cc1. The molecule has 0 atom stereocenters. The van der Waals surface area contributed by atoms with Crippen molar-refractivity contribution in [2.75, 3.05) is 25.6 Å². The van der Waals surface area contributed by atoms with E-state index in [0.29, 0.717) is 24.6 Å². The maximum atomic E-state index is 13.2. The summed E-state index contributed by atoms with van der Waals surface area (Å²) in [7, 11) is 1.60. The molecule has 154 valence electrons. The number of ether oxygens (including phenoxy) is 1. The highest BCUT2D eigenvalue weighted by Gasteiger charge is 2.42. The number of hydrogen-bond donors (Lipinski definition) is 2. The van der Waals surface area contributed by atoms with E-state index >= 15 is 0 Å². The summed E-state index contributed by atoms with van der Waals surface area (Å²) in [5.74, 6) is -0.0335. The highest BCUT2D eigenvalue weighted by Crippen LogP contribution is 2.42. The van der Waals surface area contributed by atoms with Crippen molar-refractivity contribution in [2.45, 2.75) is 37.5 Å². The minimum Gasteiger partial charge on any atom is -0.383 e. The molecule has 0 radical (unpaired) electrons. The predicted octanol–water partition coefficient (Wildman–Crippen LogP) is 4.10. The first kappa shape index (κ1) is 21.3. The van der Waals surface area contributed by atoms with Crippen LogP contribution in [0.1, 0.15) is 36.8 Å². The van der Waals surface area contributed by atoms with Crippen molar-refractivity contribution in [3.05, 3.63) is 64.7 Å². The molecule has 3 rings (SSSR count). The first-order chi connectivity index (χ1) is 14.0. The van der Waals surface area contributed by atoms with Gasteiger partial charge in [-0.1, -0.05) is 48.7 Å². The molecule has 1 aliphatic rings. The maximum absolute atomic E-state index is 13.2. The molecular weight excluding hydrogens is 388 g/mol. The summed E-state index contributed by atoms with van der Waals surface area (Å²) >= 11 is 6.02. The van der Waals surface area contributed by atoms with E-state index in [1.54, 1.807) is 7.11 Å². The molecule has 0 spiro atoms.